The molecule has 2 aromatic rings. The van der Waals surface area contributed by atoms with Crippen molar-refractivity contribution in [2.45, 2.75) is 65.3 Å². The molecule has 1 aliphatic carbocycles. The van der Waals surface area contributed by atoms with Gasteiger partial charge in [0, 0.05) is 42.4 Å². The maximum atomic E-state index is 2.67. The lowest BCUT2D eigenvalue weighted by Crippen LogP contribution is -2.52. The molecule has 160 valence electrons. The van der Waals surface area contributed by atoms with E-state index in [9.17, 15) is 0 Å². The van der Waals surface area contributed by atoms with Gasteiger partial charge in [-0.2, -0.15) is 11.3 Å². The Kier molecular flexibility index (Phi) is 7.22. The molecule has 1 unspecified atom stereocenters. The smallest absolute Gasteiger partial charge is 0.0476 e. The Morgan fingerprint density at radius 3 is 2.31 bits per heavy atom. The van der Waals surface area contributed by atoms with E-state index in [0.29, 0.717) is 11.5 Å². The van der Waals surface area contributed by atoms with Crippen molar-refractivity contribution >= 4 is 35.1 Å². The number of nitrogens with zero attached hydrogens (tertiary/aromatic N) is 2. The van der Waals surface area contributed by atoms with Crippen LogP contribution in [-0.2, 0) is 0 Å². The molecule has 1 atom stereocenters. The third-order valence-corrected chi connectivity index (χ3v) is 7.81. The number of hydrogen-bond donors (Lipinski definition) is 0. The summed E-state index contributed by atoms with van der Waals surface area (Å²) in [6.45, 7) is 13.0. The number of thiophene rings is 1. The van der Waals surface area contributed by atoms with E-state index in [1.165, 1.54) is 37.1 Å². The Labute approximate surface area is 187 Å². The van der Waals surface area contributed by atoms with Gasteiger partial charge in [0.25, 0.3) is 0 Å². The summed E-state index contributed by atoms with van der Waals surface area (Å²) in [4.78, 5) is 5.23. The quantitative estimate of drug-likeness (QED) is 0.505. The standard InChI is InChI=1S/C25H36N2S.ClH/c1-19-17-26(22-13-16-28-18-22)14-15-27(19)24-8-6-5-7-23(24)20-9-11-21(12-10-20)25(2,3)4;/h5-8,13,16,18-21H,9-12,14-15,17H2,1-4H3;1H. The minimum atomic E-state index is 0. The average molecular weight is 433 g/mol. The van der Waals surface area contributed by atoms with Crippen LogP contribution in [0.2, 0.25) is 0 Å². The molecule has 1 aromatic heterocycles. The Bertz CT molecular complexity index is 759. The second-order valence-electron chi connectivity index (χ2n) is 9.94. The molecule has 1 aliphatic heterocycles. The van der Waals surface area contributed by atoms with E-state index in [0.717, 1.165) is 31.5 Å². The number of para-hydroxylation sites is 1. The molecule has 0 amide bonds. The largest absolute Gasteiger partial charge is 0.367 e. The van der Waals surface area contributed by atoms with Crippen molar-refractivity contribution in [3.05, 3.63) is 46.7 Å². The number of anilines is 2. The van der Waals surface area contributed by atoms with Crippen molar-refractivity contribution in [3.8, 4) is 0 Å². The second-order valence-corrected chi connectivity index (χ2v) is 10.7. The molecular weight excluding hydrogens is 396 g/mol. The highest BCUT2D eigenvalue weighted by atomic mass is 35.5. The van der Waals surface area contributed by atoms with Crippen LogP contribution in [0.5, 0.6) is 0 Å². The molecule has 2 aliphatic rings. The summed E-state index contributed by atoms with van der Waals surface area (Å²) in [5, 5.41) is 4.47. The van der Waals surface area contributed by atoms with Crippen molar-refractivity contribution in [1.82, 2.24) is 0 Å². The molecule has 0 bridgehead atoms. The van der Waals surface area contributed by atoms with Gasteiger partial charge in [-0.3, -0.25) is 0 Å². The topological polar surface area (TPSA) is 6.48 Å². The summed E-state index contributed by atoms with van der Waals surface area (Å²) < 4.78 is 0. The molecule has 0 N–H and O–H groups in total. The van der Waals surface area contributed by atoms with E-state index in [2.05, 4.69) is 78.6 Å². The van der Waals surface area contributed by atoms with Crippen LogP contribution in [0.25, 0.3) is 0 Å². The van der Waals surface area contributed by atoms with Crippen molar-refractivity contribution < 1.29 is 0 Å². The summed E-state index contributed by atoms with van der Waals surface area (Å²) >= 11 is 1.80. The number of benzene rings is 1. The molecule has 1 saturated heterocycles. The van der Waals surface area contributed by atoms with Gasteiger partial charge in [0.1, 0.15) is 0 Å². The molecular formula is C25H37ClN2S. The average Bonchev–Trinajstić information content (AvgIpc) is 3.22. The summed E-state index contributed by atoms with van der Waals surface area (Å²) in [5.74, 6) is 1.61. The fourth-order valence-electron chi connectivity index (χ4n) is 5.35. The van der Waals surface area contributed by atoms with Gasteiger partial charge < -0.3 is 9.80 Å². The second kappa shape index (κ2) is 9.31. The first-order valence-electron chi connectivity index (χ1n) is 11.1. The summed E-state index contributed by atoms with van der Waals surface area (Å²) in [7, 11) is 0. The molecule has 29 heavy (non-hydrogen) atoms. The first-order valence-corrected chi connectivity index (χ1v) is 12.0. The van der Waals surface area contributed by atoms with Crippen LogP contribution in [0.4, 0.5) is 11.4 Å². The molecule has 2 nitrogen and oxygen atoms in total. The number of rotatable bonds is 3. The number of piperazine rings is 1. The minimum absolute atomic E-state index is 0. The fraction of sp³-hybridized carbons (Fsp3) is 0.600. The highest BCUT2D eigenvalue weighted by Gasteiger charge is 2.32. The summed E-state index contributed by atoms with van der Waals surface area (Å²) in [6, 6.07) is 12.1. The molecule has 4 rings (SSSR count). The van der Waals surface area contributed by atoms with Crippen molar-refractivity contribution in [1.29, 1.82) is 0 Å². The van der Waals surface area contributed by atoms with Crippen LogP contribution in [0.3, 0.4) is 0 Å². The summed E-state index contributed by atoms with van der Waals surface area (Å²) in [6.07, 6.45) is 5.46. The van der Waals surface area contributed by atoms with Crippen LogP contribution in [0.15, 0.2) is 41.1 Å². The van der Waals surface area contributed by atoms with Crippen LogP contribution in [0, 0.1) is 11.3 Å². The lowest BCUT2D eigenvalue weighted by atomic mass is 9.68. The Morgan fingerprint density at radius 2 is 1.69 bits per heavy atom. The molecule has 1 saturated carbocycles. The Morgan fingerprint density at radius 1 is 0.966 bits per heavy atom. The zero-order valence-corrected chi connectivity index (χ0v) is 20.1. The zero-order chi connectivity index (χ0) is 19.7. The summed E-state index contributed by atoms with van der Waals surface area (Å²) in [5.41, 5.74) is 4.95. The fourth-order valence-corrected chi connectivity index (χ4v) is 6.02. The van der Waals surface area contributed by atoms with Crippen LogP contribution in [0.1, 0.15) is 64.9 Å². The third-order valence-electron chi connectivity index (χ3n) is 7.14. The Hall–Kier alpha value is -1.19. The van der Waals surface area contributed by atoms with Gasteiger partial charge in [-0.25, -0.2) is 0 Å². The number of halogens is 1. The molecule has 1 aromatic carbocycles. The van der Waals surface area contributed by atoms with Crippen molar-refractivity contribution in [2.24, 2.45) is 11.3 Å². The van der Waals surface area contributed by atoms with Gasteiger partial charge in [0.05, 0.1) is 0 Å². The highest BCUT2D eigenvalue weighted by Crippen LogP contribution is 2.45. The normalized spacial score (nSPS) is 25.6. The van der Waals surface area contributed by atoms with Crippen molar-refractivity contribution in [3.63, 3.8) is 0 Å². The van der Waals surface area contributed by atoms with Gasteiger partial charge in [-0.05, 0) is 72.9 Å². The van der Waals surface area contributed by atoms with Gasteiger partial charge in [0.2, 0.25) is 0 Å². The van der Waals surface area contributed by atoms with E-state index in [1.807, 2.05) is 0 Å². The first-order chi connectivity index (χ1) is 13.4. The predicted molar refractivity (Wildman–Crippen MR) is 131 cm³/mol. The van der Waals surface area contributed by atoms with Gasteiger partial charge in [-0.1, -0.05) is 39.0 Å². The molecule has 0 spiro atoms. The molecule has 4 heteroatoms. The lowest BCUT2D eigenvalue weighted by molar-refractivity contribution is 0.169. The zero-order valence-electron chi connectivity index (χ0n) is 18.4. The minimum Gasteiger partial charge on any atom is -0.367 e. The first kappa shape index (κ1) is 22.5. The van der Waals surface area contributed by atoms with Gasteiger partial charge >= 0.3 is 0 Å². The van der Waals surface area contributed by atoms with Crippen LogP contribution in [-0.4, -0.2) is 25.7 Å². The predicted octanol–water partition coefficient (Wildman–Crippen LogP) is 7.20. The van der Waals surface area contributed by atoms with Gasteiger partial charge in [-0.15, -0.1) is 12.4 Å². The van der Waals surface area contributed by atoms with Gasteiger partial charge in [0.15, 0.2) is 0 Å². The maximum Gasteiger partial charge on any atom is 0.0476 e. The van der Waals surface area contributed by atoms with E-state index in [1.54, 1.807) is 16.9 Å². The van der Waals surface area contributed by atoms with E-state index < -0.39 is 0 Å². The third kappa shape index (κ3) is 4.94. The molecule has 0 radical (unpaired) electrons. The lowest BCUT2D eigenvalue weighted by Gasteiger charge is -2.44. The van der Waals surface area contributed by atoms with E-state index >= 15 is 0 Å². The van der Waals surface area contributed by atoms with Crippen LogP contribution >= 0.6 is 23.7 Å². The van der Waals surface area contributed by atoms with E-state index in [4.69, 9.17) is 0 Å². The number of hydrogen-bond acceptors (Lipinski definition) is 3. The molecule has 2 heterocycles. The van der Waals surface area contributed by atoms with E-state index in [-0.39, 0.29) is 12.4 Å². The highest BCUT2D eigenvalue weighted by molar-refractivity contribution is 7.08. The monoisotopic (exact) mass is 432 g/mol. The molecule has 2 fully saturated rings. The SMILES string of the molecule is CC1CN(c2ccsc2)CCN1c1ccccc1C1CCC(C(C)(C)C)CC1.Cl. The maximum absolute atomic E-state index is 2.67. The van der Waals surface area contributed by atoms with Crippen molar-refractivity contribution in [2.75, 3.05) is 29.4 Å². The van der Waals surface area contributed by atoms with Crippen LogP contribution < -0.4 is 9.80 Å². The Balaban J connectivity index is 0.00000240.